The van der Waals surface area contributed by atoms with Crippen molar-refractivity contribution in [2.75, 3.05) is 25.1 Å². The van der Waals surface area contributed by atoms with Crippen molar-refractivity contribution in [1.29, 1.82) is 0 Å². The summed E-state index contributed by atoms with van der Waals surface area (Å²) in [6.07, 6.45) is 0.338. The molecule has 1 rings (SSSR count). The predicted molar refractivity (Wildman–Crippen MR) is 81.5 cm³/mol. The summed E-state index contributed by atoms with van der Waals surface area (Å²) in [4.78, 5) is 0. The smallest absolute Gasteiger partial charge is 0.387 e. The first-order chi connectivity index (χ1) is 9.95. The van der Waals surface area contributed by atoms with E-state index in [2.05, 4.69) is 11.6 Å². The number of benzene rings is 1. The van der Waals surface area contributed by atoms with Gasteiger partial charge in [-0.2, -0.15) is 24.9 Å². The Morgan fingerprint density at radius 3 is 2.38 bits per heavy atom. The molecule has 0 saturated carbocycles. The Kier molecular flexibility index (Phi) is 8.14. The summed E-state index contributed by atoms with van der Waals surface area (Å²) < 4.78 is 37.3. The Balaban J connectivity index is 2.27. The zero-order chi connectivity index (χ0) is 15.7. The summed E-state index contributed by atoms with van der Waals surface area (Å²) in [7, 11) is 0. The van der Waals surface area contributed by atoms with Crippen LogP contribution in [-0.2, 0) is 6.18 Å². The van der Waals surface area contributed by atoms with Gasteiger partial charge in [0.1, 0.15) is 0 Å². The van der Waals surface area contributed by atoms with Gasteiger partial charge in [0.15, 0.2) is 0 Å². The van der Waals surface area contributed by atoms with Crippen LogP contribution in [0.5, 0.6) is 0 Å². The predicted octanol–water partition coefficient (Wildman–Crippen LogP) is 3.86. The lowest BCUT2D eigenvalue weighted by molar-refractivity contribution is -0.137. The maximum absolute atomic E-state index is 12.4. The zero-order valence-corrected chi connectivity index (χ0v) is 12.9. The highest BCUT2D eigenvalue weighted by Crippen LogP contribution is 2.29. The summed E-state index contributed by atoms with van der Waals surface area (Å²) in [6.45, 7) is 1.17. The third kappa shape index (κ3) is 7.20. The van der Waals surface area contributed by atoms with Crippen LogP contribution >= 0.6 is 11.8 Å². The molecule has 0 bridgehead atoms. The molecule has 0 radical (unpaired) electrons. The molecule has 0 fully saturated rings. The standard InChI is InChI=1S/C15H22F3NOS/c1-21-10-4-2-3-9-19-11-14(20)12-5-7-13(8-6-12)15(16,17)18/h5-8,14,19-20H,2-4,9-11H2,1H3. The average Bonchev–Trinajstić information content (AvgIpc) is 2.45. The third-order valence-electron chi connectivity index (χ3n) is 3.16. The van der Waals surface area contributed by atoms with Crippen LogP contribution in [0.2, 0.25) is 0 Å². The van der Waals surface area contributed by atoms with E-state index in [1.165, 1.54) is 18.6 Å². The molecule has 120 valence electrons. The Bertz CT molecular complexity index is 395. The highest BCUT2D eigenvalue weighted by molar-refractivity contribution is 7.98. The second-order valence-electron chi connectivity index (χ2n) is 4.89. The number of aliphatic hydroxyl groups is 1. The highest BCUT2D eigenvalue weighted by Gasteiger charge is 2.30. The Labute approximate surface area is 128 Å². The zero-order valence-electron chi connectivity index (χ0n) is 12.1. The van der Waals surface area contributed by atoms with Crippen molar-refractivity contribution in [1.82, 2.24) is 5.32 Å². The van der Waals surface area contributed by atoms with Gasteiger partial charge < -0.3 is 10.4 Å². The number of aliphatic hydroxyl groups excluding tert-OH is 1. The maximum Gasteiger partial charge on any atom is 0.416 e. The minimum Gasteiger partial charge on any atom is -0.387 e. The molecule has 0 aromatic heterocycles. The molecule has 21 heavy (non-hydrogen) atoms. The molecule has 2 N–H and O–H groups in total. The fourth-order valence-corrected chi connectivity index (χ4v) is 2.42. The van der Waals surface area contributed by atoms with Gasteiger partial charge in [0.25, 0.3) is 0 Å². The lowest BCUT2D eigenvalue weighted by Gasteiger charge is -2.13. The van der Waals surface area contributed by atoms with E-state index in [0.29, 0.717) is 12.1 Å². The highest BCUT2D eigenvalue weighted by atomic mass is 32.2. The molecule has 0 spiro atoms. The minimum absolute atomic E-state index is 0.355. The van der Waals surface area contributed by atoms with Crippen LogP contribution in [0.3, 0.4) is 0 Å². The van der Waals surface area contributed by atoms with Crippen molar-refractivity contribution in [3.05, 3.63) is 35.4 Å². The lowest BCUT2D eigenvalue weighted by Crippen LogP contribution is -2.22. The second kappa shape index (κ2) is 9.33. The molecular formula is C15H22F3NOS. The first-order valence-corrected chi connectivity index (χ1v) is 8.39. The number of rotatable bonds is 9. The van der Waals surface area contributed by atoms with E-state index in [1.807, 2.05) is 11.8 Å². The van der Waals surface area contributed by atoms with Crippen LogP contribution in [0.25, 0.3) is 0 Å². The van der Waals surface area contributed by atoms with E-state index in [9.17, 15) is 18.3 Å². The first kappa shape index (κ1) is 18.3. The summed E-state index contributed by atoms with van der Waals surface area (Å²) >= 11 is 1.83. The summed E-state index contributed by atoms with van der Waals surface area (Å²) in [5.41, 5.74) is -0.196. The number of hydrogen-bond donors (Lipinski definition) is 2. The average molecular weight is 321 g/mol. The van der Waals surface area contributed by atoms with Gasteiger partial charge in [-0.25, -0.2) is 0 Å². The molecule has 0 aliphatic rings. The molecule has 6 heteroatoms. The van der Waals surface area contributed by atoms with Crippen LogP contribution in [0.15, 0.2) is 24.3 Å². The number of thioether (sulfide) groups is 1. The van der Waals surface area contributed by atoms with Gasteiger partial charge in [0.05, 0.1) is 11.7 Å². The Morgan fingerprint density at radius 2 is 1.81 bits per heavy atom. The molecular weight excluding hydrogens is 299 g/mol. The summed E-state index contributed by atoms with van der Waals surface area (Å²) in [6, 6.07) is 4.66. The van der Waals surface area contributed by atoms with Crippen LogP contribution < -0.4 is 5.32 Å². The third-order valence-corrected chi connectivity index (χ3v) is 3.86. The number of unbranched alkanes of at least 4 members (excludes halogenated alkanes) is 2. The molecule has 0 aliphatic carbocycles. The maximum atomic E-state index is 12.4. The largest absolute Gasteiger partial charge is 0.416 e. The number of alkyl halides is 3. The summed E-state index contributed by atoms with van der Waals surface area (Å²) in [5, 5.41) is 13.0. The van der Waals surface area contributed by atoms with E-state index in [1.54, 1.807) is 0 Å². The second-order valence-corrected chi connectivity index (χ2v) is 5.88. The van der Waals surface area contributed by atoms with Gasteiger partial charge in [-0.15, -0.1) is 0 Å². The SMILES string of the molecule is CSCCCCCNCC(O)c1ccc(C(F)(F)F)cc1. The fourth-order valence-electron chi connectivity index (χ4n) is 1.92. The van der Waals surface area contributed by atoms with E-state index >= 15 is 0 Å². The molecule has 0 amide bonds. The van der Waals surface area contributed by atoms with Crippen molar-refractivity contribution in [2.45, 2.75) is 31.5 Å². The Hall–Kier alpha value is -0.720. The minimum atomic E-state index is -4.33. The lowest BCUT2D eigenvalue weighted by atomic mass is 10.1. The molecule has 1 unspecified atom stereocenters. The normalized spacial score (nSPS) is 13.4. The van der Waals surface area contributed by atoms with Crippen LogP contribution in [0.4, 0.5) is 13.2 Å². The van der Waals surface area contributed by atoms with E-state index in [4.69, 9.17) is 0 Å². The van der Waals surface area contributed by atoms with Gasteiger partial charge in [0.2, 0.25) is 0 Å². The number of hydrogen-bond acceptors (Lipinski definition) is 3. The molecule has 0 aliphatic heterocycles. The number of nitrogens with one attached hydrogen (secondary N) is 1. The molecule has 0 saturated heterocycles. The van der Waals surface area contributed by atoms with Gasteiger partial charge in [0, 0.05) is 6.54 Å². The van der Waals surface area contributed by atoms with Crippen LogP contribution in [0, 0.1) is 0 Å². The number of halogens is 3. The Morgan fingerprint density at radius 1 is 1.14 bits per heavy atom. The molecule has 2 nitrogen and oxygen atoms in total. The topological polar surface area (TPSA) is 32.3 Å². The van der Waals surface area contributed by atoms with Crippen molar-refractivity contribution in [2.24, 2.45) is 0 Å². The molecule has 1 atom stereocenters. The van der Waals surface area contributed by atoms with E-state index in [0.717, 1.165) is 37.3 Å². The van der Waals surface area contributed by atoms with E-state index < -0.39 is 17.8 Å². The molecule has 1 aromatic rings. The quantitative estimate of drug-likeness (QED) is 0.677. The monoisotopic (exact) mass is 321 g/mol. The van der Waals surface area contributed by atoms with Gasteiger partial charge in [-0.05, 0) is 49.1 Å². The van der Waals surface area contributed by atoms with Gasteiger partial charge in [-0.1, -0.05) is 18.6 Å². The van der Waals surface area contributed by atoms with Crippen molar-refractivity contribution < 1.29 is 18.3 Å². The fraction of sp³-hybridized carbons (Fsp3) is 0.600. The summed E-state index contributed by atoms with van der Waals surface area (Å²) in [5.74, 6) is 1.16. The molecule has 1 aromatic carbocycles. The van der Waals surface area contributed by atoms with Crippen molar-refractivity contribution in [3.8, 4) is 0 Å². The first-order valence-electron chi connectivity index (χ1n) is 7.00. The molecule has 0 heterocycles. The van der Waals surface area contributed by atoms with E-state index in [-0.39, 0.29) is 0 Å². The van der Waals surface area contributed by atoms with Gasteiger partial charge in [-0.3, -0.25) is 0 Å². The van der Waals surface area contributed by atoms with Gasteiger partial charge >= 0.3 is 6.18 Å². The van der Waals surface area contributed by atoms with Crippen molar-refractivity contribution >= 4 is 11.8 Å². The van der Waals surface area contributed by atoms with Crippen LogP contribution in [0.1, 0.15) is 36.5 Å². The van der Waals surface area contributed by atoms with Crippen molar-refractivity contribution in [3.63, 3.8) is 0 Å². The van der Waals surface area contributed by atoms with Crippen LogP contribution in [-0.4, -0.2) is 30.2 Å².